The van der Waals surface area contributed by atoms with Gasteiger partial charge in [0.1, 0.15) is 0 Å². The Morgan fingerprint density at radius 2 is 1.25 bits per heavy atom. The smallest absolute Gasteiger partial charge is 0.242 e. The molecule has 0 unspecified atom stereocenters. The van der Waals surface area contributed by atoms with Crippen molar-refractivity contribution >= 4 is 9.76 Å². The average Bonchev–Trinajstić information content (AvgIpc) is 2.38. The molecule has 0 spiro atoms. The van der Waals surface area contributed by atoms with E-state index >= 15 is 0 Å². The third-order valence-electron chi connectivity index (χ3n) is 2.50. The molecule has 0 saturated heterocycles. The summed E-state index contributed by atoms with van der Waals surface area (Å²) in [4.78, 5) is 0. The van der Waals surface area contributed by atoms with Gasteiger partial charge in [0.05, 0.1) is 0 Å². The second-order valence-electron chi connectivity index (χ2n) is 3.58. The fourth-order valence-corrected chi connectivity index (χ4v) is 2.63. The zero-order chi connectivity index (χ0) is 11.2. The molecule has 2 heteroatoms. The molecule has 0 aromatic heterocycles. The van der Waals surface area contributed by atoms with E-state index < -0.39 is 0 Å². The third kappa shape index (κ3) is 2.59. The topological polar surface area (TPSA) is 9.23 Å². The molecule has 1 nitrogen and oxygen atoms in total. The van der Waals surface area contributed by atoms with Gasteiger partial charge in [0.25, 0.3) is 0 Å². The van der Waals surface area contributed by atoms with Gasteiger partial charge in [0, 0.05) is 12.7 Å². The van der Waals surface area contributed by atoms with Gasteiger partial charge < -0.3 is 4.43 Å². The molecule has 0 amide bonds. The van der Waals surface area contributed by atoms with Gasteiger partial charge in [-0.1, -0.05) is 60.7 Å². The predicted molar refractivity (Wildman–Crippen MR) is 67.5 cm³/mol. The van der Waals surface area contributed by atoms with Crippen LogP contribution in [0.5, 0.6) is 0 Å². The lowest BCUT2D eigenvalue weighted by Gasteiger charge is -2.15. The highest BCUT2D eigenvalue weighted by molar-refractivity contribution is 6.31. The molecule has 80 valence electrons. The summed E-state index contributed by atoms with van der Waals surface area (Å²) < 4.78 is 5.34. The predicted octanol–water partition coefficient (Wildman–Crippen LogP) is 3.04. The van der Waals surface area contributed by atoms with Gasteiger partial charge in [0.15, 0.2) is 0 Å². The van der Waals surface area contributed by atoms with Gasteiger partial charge in [-0.3, -0.25) is 0 Å². The summed E-state index contributed by atoms with van der Waals surface area (Å²) in [7, 11) is 2.22. The van der Waals surface area contributed by atoms with Crippen LogP contribution in [0.2, 0.25) is 0 Å². The van der Waals surface area contributed by atoms with E-state index in [-0.39, 0.29) is 0 Å². The van der Waals surface area contributed by atoms with Crippen molar-refractivity contribution in [2.24, 2.45) is 0 Å². The monoisotopic (exact) mass is 226 g/mol. The maximum absolute atomic E-state index is 5.34. The van der Waals surface area contributed by atoms with Crippen LogP contribution in [0.4, 0.5) is 0 Å². The summed E-state index contributed by atoms with van der Waals surface area (Å²) in [6.07, 6.45) is 0. The van der Waals surface area contributed by atoms with Crippen molar-refractivity contribution in [2.45, 2.75) is 5.54 Å². The van der Waals surface area contributed by atoms with Crippen LogP contribution >= 0.6 is 0 Å². The van der Waals surface area contributed by atoms with Gasteiger partial charge in [-0.15, -0.1) is 0 Å². The summed E-state index contributed by atoms with van der Waals surface area (Å²) in [5.41, 5.74) is 2.98. The standard InChI is InChI=1S/C14H14OSi/c1-15-16-14(12-8-4-2-5-9-12)13-10-6-3-7-11-13/h2-11,14H,1H3. The van der Waals surface area contributed by atoms with Crippen molar-refractivity contribution in [3.05, 3.63) is 71.8 Å². The first-order chi connectivity index (χ1) is 7.92. The first-order valence-electron chi connectivity index (χ1n) is 5.30. The largest absolute Gasteiger partial charge is 0.420 e. The van der Waals surface area contributed by atoms with Crippen LogP contribution in [-0.2, 0) is 4.43 Å². The summed E-state index contributed by atoms with van der Waals surface area (Å²) in [6.45, 7) is 0. The van der Waals surface area contributed by atoms with Crippen LogP contribution in [0, 0.1) is 0 Å². The van der Waals surface area contributed by atoms with E-state index in [4.69, 9.17) is 4.43 Å². The molecule has 0 atom stereocenters. The van der Waals surface area contributed by atoms with Crippen molar-refractivity contribution in [2.75, 3.05) is 7.11 Å². The van der Waals surface area contributed by atoms with Gasteiger partial charge in [-0.05, 0) is 11.1 Å². The van der Waals surface area contributed by atoms with Crippen molar-refractivity contribution in [3.63, 3.8) is 0 Å². The minimum Gasteiger partial charge on any atom is -0.420 e. The van der Waals surface area contributed by atoms with E-state index in [2.05, 4.69) is 48.5 Å². The Morgan fingerprint density at radius 3 is 1.62 bits per heavy atom. The summed E-state index contributed by atoms with van der Waals surface area (Å²) in [6, 6.07) is 21.0. The van der Waals surface area contributed by atoms with Crippen LogP contribution in [0.15, 0.2) is 60.7 Å². The molecular formula is C14H14OSi. The second kappa shape index (κ2) is 5.63. The zero-order valence-electron chi connectivity index (χ0n) is 9.26. The normalized spacial score (nSPS) is 10.6. The van der Waals surface area contributed by atoms with E-state index in [0.717, 1.165) is 0 Å². The Kier molecular flexibility index (Phi) is 3.91. The summed E-state index contributed by atoms with van der Waals surface area (Å²) in [5, 5.41) is 0. The number of hydrogen-bond acceptors (Lipinski definition) is 1. The first kappa shape index (κ1) is 11.1. The van der Waals surface area contributed by atoms with E-state index in [1.54, 1.807) is 7.11 Å². The van der Waals surface area contributed by atoms with Crippen molar-refractivity contribution in [1.82, 2.24) is 0 Å². The second-order valence-corrected chi connectivity index (χ2v) is 4.80. The molecule has 0 aliphatic heterocycles. The van der Waals surface area contributed by atoms with Gasteiger partial charge in [-0.2, -0.15) is 0 Å². The Hall–Kier alpha value is -1.38. The van der Waals surface area contributed by atoms with Crippen LogP contribution in [0.25, 0.3) is 0 Å². The van der Waals surface area contributed by atoms with Gasteiger partial charge in [-0.25, -0.2) is 0 Å². The molecule has 0 saturated carbocycles. The van der Waals surface area contributed by atoms with Gasteiger partial charge >= 0.3 is 0 Å². The third-order valence-corrected chi connectivity index (χ3v) is 3.64. The fraction of sp³-hybridized carbons (Fsp3) is 0.143. The molecule has 0 bridgehead atoms. The lowest BCUT2D eigenvalue weighted by Crippen LogP contribution is -2.11. The highest BCUT2D eigenvalue weighted by atomic mass is 28.2. The zero-order valence-corrected chi connectivity index (χ0v) is 10.3. The van der Waals surface area contributed by atoms with Gasteiger partial charge in [0.2, 0.25) is 9.76 Å². The maximum Gasteiger partial charge on any atom is 0.242 e. The molecular weight excluding hydrogens is 212 g/mol. The van der Waals surface area contributed by atoms with Crippen molar-refractivity contribution in [3.8, 4) is 0 Å². The number of benzene rings is 2. The Balaban J connectivity index is 2.31. The molecule has 2 radical (unpaired) electrons. The Labute approximate surface area is 99.0 Å². The van der Waals surface area contributed by atoms with Crippen LogP contribution in [0.3, 0.4) is 0 Å². The number of hydrogen-bond donors (Lipinski definition) is 0. The van der Waals surface area contributed by atoms with E-state index in [9.17, 15) is 0 Å². The highest BCUT2D eigenvalue weighted by Gasteiger charge is 2.14. The lowest BCUT2D eigenvalue weighted by molar-refractivity contribution is 0.436. The SMILES string of the molecule is CO[Si]C(c1ccccc1)c1ccccc1. The molecule has 0 fully saturated rings. The summed E-state index contributed by atoms with van der Waals surface area (Å²) in [5.74, 6) is 0. The minimum absolute atomic E-state index is 0.354. The molecule has 16 heavy (non-hydrogen) atoms. The maximum atomic E-state index is 5.34. The molecule has 2 aromatic carbocycles. The quantitative estimate of drug-likeness (QED) is 0.728. The van der Waals surface area contributed by atoms with Crippen LogP contribution in [-0.4, -0.2) is 16.9 Å². The Bertz CT molecular complexity index is 374. The van der Waals surface area contributed by atoms with Crippen LogP contribution < -0.4 is 0 Å². The Morgan fingerprint density at radius 1 is 0.812 bits per heavy atom. The van der Waals surface area contributed by atoms with Crippen molar-refractivity contribution < 1.29 is 4.43 Å². The van der Waals surface area contributed by atoms with E-state index in [0.29, 0.717) is 15.3 Å². The fourth-order valence-electron chi connectivity index (χ4n) is 1.74. The first-order valence-corrected chi connectivity index (χ1v) is 6.29. The molecule has 2 aromatic rings. The molecule has 2 rings (SSSR count). The van der Waals surface area contributed by atoms with Crippen molar-refractivity contribution in [1.29, 1.82) is 0 Å². The van der Waals surface area contributed by atoms with E-state index in [1.165, 1.54) is 11.1 Å². The summed E-state index contributed by atoms with van der Waals surface area (Å²) >= 11 is 0. The molecule has 0 aliphatic carbocycles. The van der Waals surface area contributed by atoms with E-state index in [1.807, 2.05) is 12.1 Å². The molecule has 0 N–H and O–H groups in total. The lowest BCUT2D eigenvalue weighted by atomic mass is 10.0. The number of rotatable bonds is 4. The highest BCUT2D eigenvalue weighted by Crippen LogP contribution is 2.23. The van der Waals surface area contributed by atoms with Crippen LogP contribution in [0.1, 0.15) is 16.7 Å². The molecule has 0 aliphatic rings. The minimum atomic E-state index is 0.354. The molecule has 0 heterocycles. The average molecular weight is 226 g/mol.